The van der Waals surface area contributed by atoms with Crippen LogP contribution in [0.25, 0.3) is 0 Å². The van der Waals surface area contributed by atoms with Gasteiger partial charge in [-0.15, -0.1) is 0 Å². The van der Waals surface area contributed by atoms with Gasteiger partial charge in [-0.3, -0.25) is 9.89 Å². The highest BCUT2D eigenvalue weighted by atomic mass is 15.2. The lowest BCUT2D eigenvalue weighted by atomic mass is 9.99. The minimum absolute atomic E-state index is 0.421. The van der Waals surface area contributed by atoms with Crippen molar-refractivity contribution < 1.29 is 0 Å². The SMILES string of the molecule is CCCCNC(N)=NCC(C)N1CCc2ccccc2C1. The third kappa shape index (κ3) is 4.74. The molecule has 4 heteroatoms. The predicted molar refractivity (Wildman–Crippen MR) is 89.4 cm³/mol. The van der Waals surface area contributed by atoms with E-state index in [9.17, 15) is 0 Å². The number of nitrogens with two attached hydrogens (primary N) is 1. The molecule has 0 bridgehead atoms. The van der Waals surface area contributed by atoms with Crippen LogP contribution < -0.4 is 11.1 Å². The molecule has 4 nitrogen and oxygen atoms in total. The van der Waals surface area contributed by atoms with Gasteiger partial charge in [-0.05, 0) is 30.9 Å². The Labute approximate surface area is 128 Å². The lowest BCUT2D eigenvalue weighted by Gasteiger charge is -2.33. The van der Waals surface area contributed by atoms with E-state index in [-0.39, 0.29) is 0 Å². The summed E-state index contributed by atoms with van der Waals surface area (Å²) in [6.07, 6.45) is 3.44. The average Bonchev–Trinajstić information content (AvgIpc) is 2.52. The molecular weight excluding hydrogens is 260 g/mol. The Morgan fingerprint density at radius 1 is 1.38 bits per heavy atom. The lowest BCUT2D eigenvalue weighted by molar-refractivity contribution is 0.195. The molecule has 0 fully saturated rings. The van der Waals surface area contributed by atoms with Crippen LogP contribution in [0.1, 0.15) is 37.8 Å². The topological polar surface area (TPSA) is 53.6 Å². The van der Waals surface area contributed by atoms with E-state index in [4.69, 9.17) is 5.73 Å². The van der Waals surface area contributed by atoms with Crippen molar-refractivity contribution in [2.75, 3.05) is 19.6 Å². The van der Waals surface area contributed by atoms with Gasteiger partial charge < -0.3 is 11.1 Å². The van der Waals surface area contributed by atoms with E-state index < -0.39 is 0 Å². The Bertz CT molecular complexity index is 470. The summed E-state index contributed by atoms with van der Waals surface area (Å²) in [4.78, 5) is 6.96. The minimum atomic E-state index is 0.421. The van der Waals surface area contributed by atoms with E-state index in [1.54, 1.807) is 0 Å². The number of rotatable bonds is 6. The number of guanidine groups is 1. The van der Waals surface area contributed by atoms with E-state index in [1.165, 1.54) is 17.5 Å². The summed E-state index contributed by atoms with van der Waals surface area (Å²) in [6, 6.07) is 9.15. The number of nitrogens with zero attached hydrogens (tertiary/aromatic N) is 2. The van der Waals surface area contributed by atoms with Crippen LogP contribution in [0.2, 0.25) is 0 Å². The molecule has 0 radical (unpaired) electrons. The maximum Gasteiger partial charge on any atom is 0.188 e. The van der Waals surface area contributed by atoms with Crippen molar-refractivity contribution in [1.29, 1.82) is 0 Å². The molecule has 1 aliphatic heterocycles. The second-order valence-corrected chi connectivity index (χ2v) is 5.84. The van der Waals surface area contributed by atoms with Crippen LogP contribution in [0.3, 0.4) is 0 Å². The largest absolute Gasteiger partial charge is 0.370 e. The van der Waals surface area contributed by atoms with E-state index >= 15 is 0 Å². The number of aliphatic imine (C=N–C) groups is 1. The first-order chi connectivity index (χ1) is 10.2. The highest BCUT2D eigenvalue weighted by molar-refractivity contribution is 5.77. The van der Waals surface area contributed by atoms with Gasteiger partial charge in [0.15, 0.2) is 5.96 Å². The molecule has 1 aliphatic rings. The van der Waals surface area contributed by atoms with Crippen molar-refractivity contribution in [2.24, 2.45) is 10.7 Å². The van der Waals surface area contributed by atoms with Gasteiger partial charge in [-0.1, -0.05) is 37.6 Å². The maximum atomic E-state index is 5.89. The third-order valence-electron chi connectivity index (χ3n) is 4.15. The molecule has 0 amide bonds. The van der Waals surface area contributed by atoms with Crippen LogP contribution in [0.15, 0.2) is 29.3 Å². The fraction of sp³-hybridized carbons (Fsp3) is 0.588. The average molecular weight is 288 g/mol. The fourth-order valence-corrected chi connectivity index (χ4v) is 2.69. The molecule has 116 valence electrons. The fourth-order valence-electron chi connectivity index (χ4n) is 2.69. The molecule has 0 aromatic heterocycles. The van der Waals surface area contributed by atoms with Crippen molar-refractivity contribution in [3.63, 3.8) is 0 Å². The Kier molecular flexibility index (Phi) is 6.05. The summed E-state index contributed by atoms with van der Waals surface area (Å²) in [7, 11) is 0. The molecule has 1 atom stereocenters. The number of unbranched alkanes of at least 4 members (excludes halogenated alkanes) is 1. The molecule has 1 unspecified atom stereocenters. The lowest BCUT2D eigenvalue weighted by Crippen LogP contribution is -2.40. The van der Waals surface area contributed by atoms with Gasteiger partial charge in [0.25, 0.3) is 0 Å². The van der Waals surface area contributed by atoms with Gasteiger partial charge in [0.05, 0.1) is 6.54 Å². The zero-order valence-corrected chi connectivity index (χ0v) is 13.3. The maximum absolute atomic E-state index is 5.89. The van der Waals surface area contributed by atoms with Crippen molar-refractivity contribution >= 4 is 5.96 Å². The van der Waals surface area contributed by atoms with Gasteiger partial charge in [-0.2, -0.15) is 0 Å². The first-order valence-corrected chi connectivity index (χ1v) is 8.05. The monoisotopic (exact) mass is 288 g/mol. The van der Waals surface area contributed by atoms with E-state index in [2.05, 4.69) is 53.3 Å². The van der Waals surface area contributed by atoms with Gasteiger partial charge in [0, 0.05) is 25.7 Å². The summed E-state index contributed by atoms with van der Waals surface area (Å²) in [5.74, 6) is 0.577. The van der Waals surface area contributed by atoms with Gasteiger partial charge in [0.2, 0.25) is 0 Å². The Morgan fingerprint density at radius 3 is 2.90 bits per heavy atom. The molecular formula is C17H28N4. The third-order valence-corrected chi connectivity index (χ3v) is 4.15. The molecule has 1 aromatic rings. The first-order valence-electron chi connectivity index (χ1n) is 8.05. The summed E-state index contributed by atoms with van der Waals surface area (Å²) in [5.41, 5.74) is 8.83. The second kappa shape index (κ2) is 8.03. The van der Waals surface area contributed by atoms with Gasteiger partial charge in [-0.25, -0.2) is 0 Å². The zero-order chi connectivity index (χ0) is 15.1. The Morgan fingerprint density at radius 2 is 2.14 bits per heavy atom. The number of benzene rings is 1. The van der Waals surface area contributed by atoms with Crippen LogP contribution in [-0.4, -0.2) is 36.5 Å². The molecule has 0 aliphatic carbocycles. The molecule has 0 spiro atoms. The van der Waals surface area contributed by atoms with Crippen LogP contribution >= 0.6 is 0 Å². The number of hydrogen-bond acceptors (Lipinski definition) is 2. The van der Waals surface area contributed by atoms with Crippen LogP contribution in [0.4, 0.5) is 0 Å². The van der Waals surface area contributed by atoms with Crippen molar-refractivity contribution in [1.82, 2.24) is 10.2 Å². The molecule has 2 rings (SSSR count). The summed E-state index contributed by atoms with van der Waals surface area (Å²) < 4.78 is 0. The summed E-state index contributed by atoms with van der Waals surface area (Å²) in [5, 5.41) is 3.17. The molecule has 21 heavy (non-hydrogen) atoms. The van der Waals surface area contributed by atoms with Crippen LogP contribution in [-0.2, 0) is 13.0 Å². The highest BCUT2D eigenvalue weighted by Crippen LogP contribution is 2.20. The van der Waals surface area contributed by atoms with E-state index in [1.807, 2.05) is 0 Å². The normalized spacial score (nSPS) is 17.3. The second-order valence-electron chi connectivity index (χ2n) is 5.84. The zero-order valence-electron chi connectivity index (χ0n) is 13.3. The number of nitrogens with one attached hydrogen (secondary N) is 1. The molecule has 1 heterocycles. The Balaban J connectivity index is 1.82. The first kappa shape index (κ1) is 15.8. The quantitative estimate of drug-likeness (QED) is 0.479. The number of hydrogen-bond donors (Lipinski definition) is 2. The van der Waals surface area contributed by atoms with Crippen LogP contribution in [0.5, 0.6) is 0 Å². The number of fused-ring (bicyclic) bond motifs is 1. The van der Waals surface area contributed by atoms with Gasteiger partial charge >= 0.3 is 0 Å². The standard InChI is InChI=1S/C17H28N4/c1-3-4-10-19-17(18)20-12-14(2)21-11-9-15-7-5-6-8-16(15)13-21/h5-8,14H,3-4,9-13H2,1-2H3,(H3,18,19,20). The Hall–Kier alpha value is -1.55. The minimum Gasteiger partial charge on any atom is -0.370 e. The summed E-state index contributed by atoms with van der Waals surface area (Å²) >= 11 is 0. The van der Waals surface area contributed by atoms with E-state index in [0.717, 1.165) is 39.0 Å². The van der Waals surface area contributed by atoms with Crippen LogP contribution in [0, 0.1) is 0 Å². The highest BCUT2D eigenvalue weighted by Gasteiger charge is 2.19. The molecule has 0 saturated heterocycles. The molecule has 1 aromatic carbocycles. The summed E-state index contributed by atoms with van der Waals surface area (Å²) in [6.45, 7) is 8.21. The van der Waals surface area contributed by atoms with Crippen molar-refractivity contribution in [2.45, 2.75) is 45.7 Å². The van der Waals surface area contributed by atoms with E-state index in [0.29, 0.717) is 12.0 Å². The smallest absolute Gasteiger partial charge is 0.188 e. The van der Waals surface area contributed by atoms with Crippen molar-refractivity contribution in [3.05, 3.63) is 35.4 Å². The van der Waals surface area contributed by atoms with Gasteiger partial charge in [0.1, 0.15) is 0 Å². The predicted octanol–water partition coefficient (Wildman–Crippen LogP) is 2.14. The molecule has 0 saturated carbocycles. The molecule has 3 N–H and O–H groups in total. The van der Waals surface area contributed by atoms with Crippen molar-refractivity contribution in [3.8, 4) is 0 Å².